The Kier molecular flexibility index (Phi) is 9.11. The number of rotatable bonds is 9. The van der Waals surface area contributed by atoms with Crippen molar-refractivity contribution in [1.29, 1.82) is 0 Å². The van der Waals surface area contributed by atoms with Gasteiger partial charge < -0.3 is 9.47 Å². The Bertz CT molecular complexity index is 1610. The third-order valence-corrected chi connectivity index (χ3v) is 7.98. The van der Waals surface area contributed by atoms with Gasteiger partial charge in [0.1, 0.15) is 13.2 Å². The van der Waals surface area contributed by atoms with E-state index in [2.05, 4.69) is 0 Å². The highest BCUT2D eigenvalue weighted by atomic mass is 16.6. The van der Waals surface area contributed by atoms with E-state index in [9.17, 15) is 14.4 Å². The largest absolute Gasteiger partial charge is 0.460 e. The minimum absolute atomic E-state index is 0.0466. The lowest BCUT2D eigenvalue weighted by molar-refractivity contribution is -0.173. The number of allylic oxidation sites excluding steroid dienone is 4. The Labute approximate surface area is 252 Å². The lowest BCUT2D eigenvalue weighted by atomic mass is 9.84. The van der Waals surface area contributed by atoms with Crippen LogP contribution in [-0.4, -0.2) is 17.7 Å². The summed E-state index contributed by atoms with van der Waals surface area (Å²) in [6.45, 7) is 3.93. The van der Waals surface area contributed by atoms with Crippen LogP contribution in [0.2, 0.25) is 0 Å². The van der Waals surface area contributed by atoms with Crippen molar-refractivity contribution in [2.24, 2.45) is 5.41 Å². The van der Waals surface area contributed by atoms with E-state index in [-0.39, 0.29) is 31.8 Å². The number of hydrogen-bond donors (Lipinski definition) is 0. The number of ketones is 1. The first-order valence-electron chi connectivity index (χ1n) is 14.4. The molecule has 43 heavy (non-hydrogen) atoms. The Morgan fingerprint density at radius 2 is 1.12 bits per heavy atom. The second-order valence-electron chi connectivity index (χ2n) is 10.7. The average molecular weight is 571 g/mol. The van der Waals surface area contributed by atoms with Crippen molar-refractivity contribution in [3.05, 3.63) is 160 Å². The summed E-state index contributed by atoms with van der Waals surface area (Å²) in [6.07, 6.45) is 2.18. The number of benzene rings is 4. The summed E-state index contributed by atoms with van der Waals surface area (Å²) in [5.41, 5.74) is 4.54. The summed E-state index contributed by atoms with van der Waals surface area (Å²) in [4.78, 5) is 41.3. The van der Waals surface area contributed by atoms with Crippen LogP contribution < -0.4 is 0 Å². The van der Waals surface area contributed by atoms with Gasteiger partial charge in [-0.15, -0.1) is 0 Å². The fraction of sp³-hybridized carbons (Fsp3) is 0.184. The third kappa shape index (κ3) is 6.41. The molecule has 216 valence electrons. The molecule has 5 rings (SSSR count). The topological polar surface area (TPSA) is 69.7 Å². The van der Waals surface area contributed by atoms with Crippen LogP contribution in [0.3, 0.4) is 0 Å². The Morgan fingerprint density at radius 3 is 1.63 bits per heavy atom. The van der Waals surface area contributed by atoms with Crippen molar-refractivity contribution < 1.29 is 23.9 Å². The van der Waals surface area contributed by atoms with Crippen molar-refractivity contribution in [2.45, 2.75) is 39.9 Å². The van der Waals surface area contributed by atoms with E-state index in [0.29, 0.717) is 11.1 Å². The zero-order valence-corrected chi connectivity index (χ0v) is 24.4. The zero-order valence-electron chi connectivity index (χ0n) is 24.4. The van der Waals surface area contributed by atoms with E-state index < -0.39 is 17.4 Å². The van der Waals surface area contributed by atoms with Gasteiger partial charge in [-0.1, -0.05) is 121 Å². The van der Waals surface area contributed by atoms with E-state index in [0.717, 1.165) is 33.4 Å². The Hall–Kier alpha value is -5.03. The molecule has 0 unspecified atom stereocenters. The minimum atomic E-state index is -1.56. The lowest BCUT2D eigenvalue weighted by Gasteiger charge is -2.24. The summed E-state index contributed by atoms with van der Waals surface area (Å²) >= 11 is 0. The summed E-state index contributed by atoms with van der Waals surface area (Å²) in [7, 11) is 0. The van der Waals surface area contributed by atoms with Crippen LogP contribution in [0.25, 0.3) is 5.57 Å². The molecule has 1 aliphatic rings. The van der Waals surface area contributed by atoms with Gasteiger partial charge in [0.2, 0.25) is 0 Å². The molecule has 0 spiro atoms. The van der Waals surface area contributed by atoms with Gasteiger partial charge in [-0.05, 0) is 53.7 Å². The molecule has 1 fully saturated rings. The van der Waals surface area contributed by atoms with Gasteiger partial charge in [-0.25, -0.2) is 0 Å². The predicted molar refractivity (Wildman–Crippen MR) is 167 cm³/mol. The highest BCUT2D eigenvalue weighted by Crippen LogP contribution is 2.50. The van der Waals surface area contributed by atoms with Crippen LogP contribution in [0.5, 0.6) is 0 Å². The van der Waals surface area contributed by atoms with Crippen molar-refractivity contribution in [2.75, 3.05) is 0 Å². The average Bonchev–Trinajstić information content (AvgIpc) is 3.48. The number of carbonyl (C=O) groups excluding carboxylic acids is 3. The second kappa shape index (κ2) is 13.3. The van der Waals surface area contributed by atoms with Crippen LogP contribution in [0.1, 0.15) is 59.3 Å². The first-order chi connectivity index (χ1) is 20.9. The molecule has 0 saturated heterocycles. The third-order valence-electron chi connectivity index (χ3n) is 7.98. The maximum absolute atomic E-state index is 13.9. The molecule has 0 amide bonds. The van der Waals surface area contributed by atoms with Crippen molar-refractivity contribution in [1.82, 2.24) is 0 Å². The molecule has 0 heterocycles. The molecule has 0 radical (unpaired) electrons. The molecule has 0 aromatic heterocycles. The van der Waals surface area contributed by atoms with Gasteiger partial charge >= 0.3 is 11.9 Å². The Balaban J connectivity index is 1.51. The molecule has 0 atom stereocenters. The molecule has 4 aromatic carbocycles. The molecular weight excluding hydrogens is 536 g/mol. The van der Waals surface area contributed by atoms with E-state index in [4.69, 9.17) is 9.47 Å². The summed E-state index contributed by atoms with van der Waals surface area (Å²) in [5.74, 6) is -1.33. The minimum Gasteiger partial charge on any atom is -0.460 e. The van der Waals surface area contributed by atoms with E-state index in [1.807, 2.05) is 123 Å². The standard InChI is InChI=1S/C38H34O5/c1-3-30-23-38(36(40)42-25-28-15-7-4-8-16-28,37(41)43-26-29-17-9-5-10-18-29)24-34(30)27(2)32-21-13-14-22-33(32)35(39)31-19-11-6-12-20-31/h3-22H,23-26H2,1-2H3/b30-3+,34-27+. The van der Waals surface area contributed by atoms with Crippen LogP contribution in [0, 0.1) is 5.41 Å². The molecular formula is C38H34O5. The zero-order chi connectivity index (χ0) is 30.2. The van der Waals surface area contributed by atoms with Gasteiger partial charge in [0.15, 0.2) is 11.2 Å². The SMILES string of the molecule is C/C=C1\CC(C(=O)OCc2ccccc2)(C(=O)OCc2ccccc2)C\C1=C(\C)c1ccccc1C(=O)c1ccccc1. The normalized spacial score (nSPS) is 16.0. The summed E-state index contributed by atoms with van der Waals surface area (Å²) in [6, 6.07) is 35.4. The summed E-state index contributed by atoms with van der Waals surface area (Å²) < 4.78 is 11.6. The molecule has 0 aliphatic heterocycles. The first kappa shape index (κ1) is 29.5. The van der Waals surface area contributed by atoms with E-state index >= 15 is 0 Å². The van der Waals surface area contributed by atoms with Gasteiger partial charge in [0.25, 0.3) is 0 Å². The molecule has 1 aliphatic carbocycles. The molecule has 4 aromatic rings. The van der Waals surface area contributed by atoms with Crippen molar-refractivity contribution >= 4 is 23.3 Å². The highest BCUT2D eigenvalue weighted by Gasteiger charge is 2.54. The smallest absolute Gasteiger partial charge is 0.324 e. The molecule has 1 saturated carbocycles. The highest BCUT2D eigenvalue weighted by molar-refractivity contribution is 6.12. The van der Waals surface area contributed by atoms with Crippen molar-refractivity contribution in [3.63, 3.8) is 0 Å². The molecule has 5 heteroatoms. The van der Waals surface area contributed by atoms with Gasteiger partial charge in [0, 0.05) is 17.5 Å². The molecule has 0 bridgehead atoms. The first-order valence-corrected chi connectivity index (χ1v) is 14.4. The summed E-state index contributed by atoms with van der Waals surface area (Å²) in [5, 5.41) is 0. The molecule has 5 nitrogen and oxygen atoms in total. The predicted octanol–water partition coefficient (Wildman–Crippen LogP) is 7.90. The maximum Gasteiger partial charge on any atom is 0.324 e. The number of esters is 2. The van der Waals surface area contributed by atoms with Crippen LogP contribution in [0.4, 0.5) is 0 Å². The van der Waals surface area contributed by atoms with Crippen LogP contribution in [-0.2, 0) is 32.3 Å². The lowest BCUT2D eigenvalue weighted by Crippen LogP contribution is -2.39. The number of carbonyl (C=O) groups is 3. The fourth-order valence-electron chi connectivity index (χ4n) is 5.57. The van der Waals surface area contributed by atoms with E-state index in [1.165, 1.54) is 0 Å². The fourth-order valence-corrected chi connectivity index (χ4v) is 5.57. The van der Waals surface area contributed by atoms with Crippen molar-refractivity contribution in [3.8, 4) is 0 Å². The Morgan fingerprint density at radius 1 is 0.651 bits per heavy atom. The van der Waals surface area contributed by atoms with Crippen LogP contribution >= 0.6 is 0 Å². The molecule has 0 N–H and O–H groups in total. The quantitative estimate of drug-likeness (QED) is 0.116. The van der Waals surface area contributed by atoms with E-state index in [1.54, 1.807) is 12.1 Å². The monoisotopic (exact) mass is 570 g/mol. The number of hydrogen-bond acceptors (Lipinski definition) is 5. The van der Waals surface area contributed by atoms with Crippen LogP contribution in [0.15, 0.2) is 132 Å². The maximum atomic E-state index is 13.9. The van der Waals surface area contributed by atoms with Gasteiger partial charge in [-0.2, -0.15) is 0 Å². The van der Waals surface area contributed by atoms with Gasteiger partial charge in [-0.3, -0.25) is 14.4 Å². The number of ether oxygens (including phenoxy) is 2. The van der Waals surface area contributed by atoms with Gasteiger partial charge in [0.05, 0.1) is 0 Å². The second-order valence-corrected chi connectivity index (χ2v) is 10.7.